The summed E-state index contributed by atoms with van der Waals surface area (Å²) >= 11 is 0. The van der Waals surface area contributed by atoms with Crippen molar-refractivity contribution in [2.45, 2.75) is 6.04 Å². The number of hydrogen-bond donors (Lipinski definition) is 2. The highest BCUT2D eigenvalue weighted by atomic mass is 19.1. The largest absolute Gasteiger partial charge is 0.494 e. The van der Waals surface area contributed by atoms with Crippen LogP contribution in [-0.4, -0.2) is 49.9 Å². The molecular formula is C13H19FN2O2. The van der Waals surface area contributed by atoms with Gasteiger partial charge in [-0.3, -0.25) is 4.90 Å². The number of hydrogen-bond acceptors (Lipinski definition) is 4. The number of aliphatic hydroxyl groups excluding tert-OH is 1. The van der Waals surface area contributed by atoms with E-state index in [4.69, 9.17) is 4.74 Å². The van der Waals surface area contributed by atoms with E-state index in [0.29, 0.717) is 0 Å². The molecule has 1 atom stereocenters. The van der Waals surface area contributed by atoms with Gasteiger partial charge in [0.2, 0.25) is 0 Å². The lowest BCUT2D eigenvalue weighted by atomic mass is 10.0. The zero-order chi connectivity index (χ0) is 13.0. The van der Waals surface area contributed by atoms with Gasteiger partial charge in [-0.25, -0.2) is 4.39 Å². The molecule has 1 fully saturated rings. The number of piperazine rings is 1. The second-order valence-corrected chi connectivity index (χ2v) is 4.38. The van der Waals surface area contributed by atoms with Crippen LogP contribution >= 0.6 is 0 Å². The average Bonchev–Trinajstić information content (AvgIpc) is 2.41. The third-order valence-electron chi connectivity index (χ3n) is 3.33. The van der Waals surface area contributed by atoms with Gasteiger partial charge < -0.3 is 15.2 Å². The zero-order valence-electron chi connectivity index (χ0n) is 10.5. The number of methoxy groups -OCH3 is 1. The molecule has 2 rings (SSSR count). The number of benzene rings is 1. The number of aliphatic hydroxyl groups is 1. The molecule has 1 saturated heterocycles. The molecule has 0 saturated carbocycles. The van der Waals surface area contributed by atoms with Crippen LogP contribution in [0, 0.1) is 5.82 Å². The van der Waals surface area contributed by atoms with E-state index in [1.54, 1.807) is 6.07 Å². The lowest BCUT2D eigenvalue weighted by Gasteiger charge is -2.34. The summed E-state index contributed by atoms with van der Waals surface area (Å²) in [4.78, 5) is 2.16. The van der Waals surface area contributed by atoms with Crippen molar-refractivity contribution in [3.05, 3.63) is 29.6 Å². The number of nitrogens with zero attached hydrogens (tertiary/aromatic N) is 1. The molecule has 0 amide bonds. The molecular weight excluding hydrogens is 235 g/mol. The summed E-state index contributed by atoms with van der Waals surface area (Å²) in [5.74, 6) is -0.153. The molecule has 0 aromatic heterocycles. The van der Waals surface area contributed by atoms with Gasteiger partial charge in [-0.1, -0.05) is 6.07 Å². The van der Waals surface area contributed by atoms with Gasteiger partial charge in [0.1, 0.15) is 0 Å². The Kier molecular flexibility index (Phi) is 4.52. The zero-order valence-corrected chi connectivity index (χ0v) is 10.5. The third-order valence-corrected chi connectivity index (χ3v) is 3.33. The van der Waals surface area contributed by atoms with Crippen molar-refractivity contribution >= 4 is 0 Å². The molecule has 0 aliphatic carbocycles. The summed E-state index contributed by atoms with van der Waals surface area (Å²) in [5, 5.41) is 12.8. The van der Waals surface area contributed by atoms with Crippen LogP contribution in [0.3, 0.4) is 0 Å². The van der Waals surface area contributed by atoms with Crippen molar-refractivity contribution in [1.82, 2.24) is 10.2 Å². The van der Waals surface area contributed by atoms with Crippen LogP contribution in [0.1, 0.15) is 11.6 Å². The lowest BCUT2D eigenvalue weighted by Crippen LogP contribution is -2.46. The minimum absolute atomic E-state index is 0.00817. The fourth-order valence-corrected chi connectivity index (χ4v) is 2.32. The van der Waals surface area contributed by atoms with E-state index >= 15 is 0 Å². The number of rotatable bonds is 4. The molecule has 1 heterocycles. The summed E-state index contributed by atoms with van der Waals surface area (Å²) in [6, 6.07) is 4.72. The summed E-state index contributed by atoms with van der Waals surface area (Å²) in [7, 11) is 1.44. The first-order chi connectivity index (χ1) is 8.76. The summed E-state index contributed by atoms with van der Waals surface area (Å²) in [6.45, 7) is 3.51. The van der Waals surface area contributed by atoms with Gasteiger partial charge in [-0.15, -0.1) is 0 Å². The normalized spacial score (nSPS) is 18.6. The first-order valence-electron chi connectivity index (χ1n) is 6.15. The molecule has 2 N–H and O–H groups in total. The monoisotopic (exact) mass is 254 g/mol. The van der Waals surface area contributed by atoms with Gasteiger partial charge in [0.25, 0.3) is 0 Å². The molecule has 0 unspecified atom stereocenters. The molecule has 1 aliphatic heterocycles. The Hall–Kier alpha value is -1.17. The Balaban J connectivity index is 2.18. The van der Waals surface area contributed by atoms with E-state index in [0.717, 1.165) is 31.7 Å². The molecule has 0 bridgehead atoms. The second kappa shape index (κ2) is 6.13. The van der Waals surface area contributed by atoms with Gasteiger partial charge in [-0.2, -0.15) is 0 Å². The van der Waals surface area contributed by atoms with Crippen molar-refractivity contribution in [1.29, 1.82) is 0 Å². The van der Waals surface area contributed by atoms with Gasteiger partial charge in [-0.05, 0) is 17.7 Å². The maximum Gasteiger partial charge on any atom is 0.165 e. The maximum atomic E-state index is 13.7. The van der Waals surface area contributed by atoms with E-state index < -0.39 is 0 Å². The van der Waals surface area contributed by atoms with Crippen LogP contribution in [0.2, 0.25) is 0 Å². The van der Waals surface area contributed by atoms with Crippen LogP contribution in [0.25, 0.3) is 0 Å². The molecule has 18 heavy (non-hydrogen) atoms. The maximum absolute atomic E-state index is 13.7. The highest BCUT2D eigenvalue weighted by Gasteiger charge is 2.22. The topological polar surface area (TPSA) is 44.7 Å². The minimum Gasteiger partial charge on any atom is -0.494 e. The van der Waals surface area contributed by atoms with Crippen molar-refractivity contribution in [2.75, 3.05) is 39.9 Å². The van der Waals surface area contributed by atoms with Crippen LogP contribution < -0.4 is 10.1 Å². The smallest absolute Gasteiger partial charge is 0.165 e. The predicted molar refractivity (Wildman–Crippen MR) is 67.2 cm³/mol. The van der Waals surface area contributed by atoms with Crippen LogP contribution in [0.4, 0.5) is 4.39 Å². The van der Waals surface area contributed by atoms with Crippen LogP contribution in [-0.2, 0) is 0 Å². The molecule has 0 spiro atoms. The average molecular weight is 254 g/mol. The Bertz CT molecular complexity index is 395. The number of nitrogens with one attached hydrogen (secondary N) is 1. The van der Waals surface area contributed by atoms with E-state index in [1.165, 1.54) is 13.2 Å². The van der Waals surface area contributed by atoms with Crippen molar-refractivity contribution < 1.29 is 14.2 Å². The van der Waals surface area contributed by atoms with Crippen molar-refractivity contribution in [2.24, 2.45) is 0 Å². The summed E-state index contributed by atoms with van der Waals surface area (Å²) in [6.07, 6.45) is 0. The Morgan fingerprint density at radius 1 is 1.44 bits per heavy atom. The van der Waals surface area contributed by atoms with Gasteiger partial charge in [0.15, 0.2) is 11.6 Å². The first-order valence-corrected chi connectivity index (χ1v) is 6.15. The Morgan fingerprint density at radius 2 is 2.17 bits per heavy atom. The van der Waals surface area contributed by atoms with E-state index in [9.17, 15) is 9.50 Å². The summed E-state index contributed by atoms with van der Waals surface area (Å²) < 4.78 is 18.6. The fourth-order valence-electron chi connectivity index (χ4n) is 2.32. The molecule has 1 aliphatic rings. The van der Waals surface area contributed by atoms with E-state index in [2.05, 4.69) is 10.2 Å². The summed E-state index contributed by atoms with van der Waals surface area (Å²) in [5.41, 5.74) is 0.790. The predicted octanol–water partition coefficient (Wildman–Crippen LogP) is 0.773. The van der Waals surface area contributed by atoms with Gasteiger partial charge >= 0.3 is 0 Å². The Labute approximate surface area is 106 Å². The molecule has 1 aromatic carbocycles. The van der Waals surface area contributed by atoms with Crippen molar-refractivity contribution in [3.63, 3.8) is 0 Å². The fraction of sp³-hybridized carbons (Fsp3) is 0.538. The highest BCUT2D eigenvalue weighted by molar-refractivity contribution is 5.31. The minimum atomic E-state index is -0.386. The number of ether oxygens (including phenoxy) is 1. The lowest BCUT2D eigenvalue weighted by molar-refractivity contribution is 0.110. The van der Waals surface area contributed by atoms with Crippen molar-refractivity contribution in [3.8, 4) is 5.75 Å². The third kappa shape index (κ3) is 2.80. The molecule has 4 nitrogen and oxygen atoms in total. The van der Waals surface area contributed by atoms with Crippen LogP contribution in [0.15, 0.2) is 18.2 Å². The number of halogens is 1. The molecule has 5 heteroatoms. The van der Waals surface area contributed by atoms with Gasteiger partial charge in [0, 0.05) is 26.2 Å². The standard InChI is InChI=1S/C13H19FN2O2/c1-18-13-3-2-10(8-11(13)14)12(9-17)16-6-4-15-5-7-16/h2-3,8,12,15,17H,4-7,9H2,1H3/t12-/m0/s1. The van der Waals surface area contributed by atoms with E-state index in [1.807, 2.05) is 6.07 Å². The first kappa shape index (κ1) is 13.3. The highest BCUT2D eigenvalue weighted by Crippen LogP contribution is 2.25. The van der Waals surface area contributed by atoms with Crippen LogP contribution in [0.5, 0.6) is 5.75 Å². The molecule has 1 aromatic rings. The molecule has 0 radical (unpaired) electrons. The second-order valence-electron chi connectivity index (χ2n) is 4.38. The van der Waals surface area contributed by atoms with Gasteiger partial charge in [0.05, 0.1) is 19.8 Å². The quantitative estimate of drug-likeness (QED) is 0.833. The van der Waals surface area contributed by atoms with E-state index in [-0.39, 0.29) is 24.2 Å². The SMILES string of the molecule is COc1ccc([C@H](CO)N2CCNCC2)cc1F. The molecule has 100 valence electrons. The Morgan fingerprint density at radius 3 is 2.72 bits per heavy atom.